The first kappa shape index (κ1) is 19.5. The maximum Gasteiger partial charge on any atom is 0.321 e. The molecule has 1 aromatic carbocycles. The van der Waals surface area contributed by atoms with Gasteiger partial charge in [0.1, 0.15) is 5.75 Å². The van der Waals surface area contributed by atoms with E-state index in [9.17, 15) is 9.59 Å². The molecule has 27 heavy (non-hydrogen) atoms. The predicted octanol–water partition coefficient (Wildman–Crippen LogP) is 2.77. The van der Waals surface area contributed by atoms with Crippen molar-refractivity contribution in [2.45, 2.75) is 38.7 Å². The highest BCUT2D eigenvalue weighted by Crippen LogP contribution is 2.35. The van der Waals surface area contributed by atoms with Crippen molar-refractivity contribution in [3.63, 3.8) is 0 Å². The van der Waals surface area contributed by atoms with E-state index in [1.807, 2.05) is 7.05 Å². The average molecular weight is 374 g/mol. The molecule has 1 atom stereocenters. The Morgan fingerprint density at radius 2 is 1.96 bits per heavy atom. The SMILES string of the molecule is C[C@@H]1Oc2ccc(NC(=O)N(C)CCN3CCCCCC3)cc2N(C)C1=O. The Hall–Kier alpha value is -2.28. The zero-order valence-corrected chi connectivity index (χ0v) is 16.5. The zero-order valence-electron chi connectivity index (χ0n) is 16.5. The minimum atomic E-state index is -0.493. The van der Waals surface area contributed by atoms with E-state index in [0.29, 0.717) is 23.7 Å². The number of anilines is 2. The molecule has 3 amide bonds. The largest absolute Gasteiger partial charge is 0.479 e. The topological polar surface area (TPSA) is 65.1 Å². The number of hydrogen-bond acceptors (Lipinski definition) is 4. The molecular formula is C20H30N4O3. The number of nitrogens with one attached hydrogen (secondary N) is 1. The fourth-order valence-electron chi connectivity index (χ4n) is 3.56. The van der Waals surface area contributed by atoms with Gasteiger partial charge < -0.3 is 24.8 Å². The summed E-state index contributed by atoms with van der Waals surface area (Å²) >= 11 is 0. The number of hydrogen-bond donors (Lipinski definition) is 1. The molecule has 0 spiro atoms. The van der Waals surface area contributed by atoms with E-state index >= 15 is 0 Å². The third kappa shape index (κ3) is 4.71. The average Bonchev–Trinajstić information content (AvgIpc) is 2.93. The fraction of sp³-hybridized carbons (Fsp3) is 0.600. The van der Waals surface area contributed by atoms with E-state index in [0.717, 1.165) is 19.6 Å². The minimum Gasteiger partial charge on any atom is -0.479 e. The van der Waals surface area contributed by atoms with Gasteiger partial charge in [-0.15, -0.1) is 0 Å². The Kier molecular flexibility index (Phi) is 6.21. The second-order valence-corrected chi connectivity index (χ2v) is 7.45. The van der Waals surface area contributed by atoms with Crippen LogP contribution < -0.4 is 15.0 Å². The van der Waals surface area contributed by atoms with Gasteiger partial charge in [0.05, 0.1) is 5.69 Å². The molecule has 0 aliphatic carbocycles. The van der Waals surface area contributed by atoms with Gasteiger partial charge in [0.2, 0.25) is 0 Å². The van der Waals surface area contributed by atoms with Crippen molar-refractivity contribution >= 4 is 23.3 Å². The smallest absolute Gasteiger partial charge is 0.321 e. The highest BCUT2D eigenvalue weighted by Gasteiger charge is 2.29. The first-order chi connectivity index (χ1) is 13.0. The van der Waals surface area contributed by atoms with Crippen molar-refractivity contribution in [2.24, 2.45) is 0 Å². The number of carbonyl (C=O) groups excluding carboxylic acids is 2. The van der Waals surface area contributed by atoms with Crippen LogP contribution in [-0.2, 0) is 4.79 Å². The van der Waals surface area contributed by atoms with Gasteiger partial charge in [0.15, 0.2) is 6.10 Å². The molecule has 2 aliphatic heterocycles. The van der Waals surface area contributed by atoms with Gasteiger partial charge in [-0.25, -0.2) is 4.79 Å². The molecule has 7 nitrogen and oxygen atoms in total. The summed E-state index contributed by atoms with van der Waals surface area (Å²) in [4.78, 5) is 30.3. The standard InChI is InChI=1S/C20H30N4O3/c1-15-19(25)23(3)17-14-16(8-9-18(17)27-15)21-20(26)22(2)12-13-24-10-6-4-5-7-11-24/h8-9,14-15H,4-7,10-13H2,1-3H3,(H,21,26)/t15-/m0/s1. The molecule has 1 aromatic rings. The first-order valence-electron chi connectivity index (χ1n) is 9.78. The number of likely N-dealkylation sites (tertiary alicyclic amines) is 1. The minimum absolute atomic E-state index is 0.0967. The van der Waals surface area contributed by atoms with E-state index in [4.69, 9.17) is 4.74 Å². The molecule has 0 unspecified atom stereocenters. The van der Waals surface area contributed by atoms with Crippen molar-refractivity contribution in [1.29, 1.82) is 0 Å². The van der Waals surface area contributed by atoms with Crippen LogP contribution in [0, 0.1) is 0 Å². The van der Waals surface area contributed by atoms with E-state index in [-0.39, 0.29) is 11.9 Å². The highest BCUT2D eigenvalue weighted by atomic mass is 16.5. The van der Waals surface area contributed by atoms with Crippen LogP contribution in [0.1, 0.15) is 32.6 Å². The van der Waals surface area contributed by atoms with Crippen LogP contribution in [0.15, 0.2) is 18.2 Å². The summed E-state index contributed by atoms with van der Waals surface area (Å²) in [7, 11) is 3.53. The molecule has 0 saturated carbocycles. The Morgan fingerprint density at radius 3 is 2.67 bits per heavy atom. The number of nitrogens with zero attached hydrogens (tertiary/aromatic N) is 3. The van der Waals surface area contributed by atoms with Crippen LogP contribution in [0.3, 0.4) is 0 Å². The second kappa shape index (κ2) is 8.61. The number of urea groups is 1. The summed E-state index contributed by atoms with van der Waals surface area (Å²) in [6.07, 6.45) is 4.62. The van der Waals surface area contributed by atoms with Gasteiger partial charge in [-0.1, -0.05) is 12.8 Å². The molecular weight excluding hydrogens is 344 g/mol. The van der Waals surface area contributed by atoms with E-state index < -0.39 is 6.10 Å². The van der Waals surface area contributed by atoms with E-state index in [1.165, 1.54) is 25.7 Å². The predicted molar refractivity (Wildman–Crippen MR) is 106 cm³/mol. The molecule has 2 aliphatic rings. The highest BCUT2D eigenvalue weighted by molar-refractivity contribution is 6.00. The lowest BCUT2D eigenvalue weighted by Gasteiger charge is -2.30. The van der Waals surface area contributed by atoms with Crippen LogP contribution in [0.5, 0.6) is 5.75 Å². The van der Waals surface area contributed by atoms with E-state index in [1.54, 1.807) is 42.0 Å². The summed E-state index contributed by atoms with van der Waals surface area (Å²) < 4.78 is 5.62. The molecule has 0 aromatic heterocycles. The first-order valence-corrected chi connectivity index (χ1v) is 9.78. The monoisotopic (exact) mass is 374 g/mol. The van der Waals surface area contributed by atoms with E-state index in [2.05, 4.69) is 10.2 Å². The van der Waals surface area contributed by atoms with Gasteiger partial charge in [-0.3, -0.25) is 4.79 Å². The zero-order chi connectivity index (χ0) is 19.4. The number of likely N-dealkylation sites (N-methyl/N-ethyl adjacent to an activating group) is 2. The Labute approximate surface area is 161 Å². The molecule has 1 fully saturated rings. The summed E-state index contributed by atoms with van der Waals surface area (Å²) in [6, 6.07) is 5.22. The van der Waals surface area contributed by atoms with Crippen molar-refractivity contribution < 1.29 is 14.3 Å². The molecule has 1 N–H and O–H groups in total. The van der Waals surface area contributed by atoms with Crippen molar-refractivity contribution in [3.05, 3.63) is 18.2 Å². The maximum absolute atomic E-state index is 12.5. The summed E-state index contributed by atoms with van der Waals surface area (Å²) in [5.74, 6) is 0.553. The Bertz CT molecular complexity index is 686. The number of carbonyl (C=O) groups is 2. The quantitative estimate of drug-likeness (QED) is 0.880. The number of benzene rings is 1. The third-order valence-electron chi connectivity index (χ3n) is 5.35. The molecule has 3 rings (SSSR count). The van der Waals surface area contributed by atoms with Gasteiger partial charge in [-0.2, -0.15) is 0 Å². The number of amides is 3. The summed E-state index contributed by atoms with van der Waals surface area (Å²) in [5, 5.41) is 2.91. The van der Waals surface area contributed by atoms with Crippen LogP contribution in [0.4, 0.5) is 16.2 Å². The molecule has 0 bridgehead atoms. The molecule has 1 saturated heterocycles. The van der Waals surface area contributed by atoms with Crippen molar-refractivity contribution in [1.82, 2.24) is 9.80 Å². The lowest BCUT2D eigenvalue weighted by molar-refractivity contribution is -0.125. The van der Waals surface area contributed by atoms with Crippen LogP contribution >= 0.6 is 0 Å². The Morgan fingerprint density at radius 1 is 1.26 bits per heavy atom. The Balaban J connectivity index is 1.56. The molecule has 7 heteroatoms. The number of rotatable bonds is 4. The number of fused-ring (bicyclic) bond motifs is 1. The molecule has 148 valence electrons. The van der Waals surface area contributed by atoms with Crippen LogP contribution in [0.25, 0.3) is 0 Å². The van der Waals surface area contributed by atoms with Crippen LogP contribution in [0.2, 0.25) is 0 Å². The summed E-state index contributed by atoms with van der Waals surface area (Å²) in [6.45, 7) is 5.57. The normalized spacial score (nSPS) is 20.5. The molecule has 2 heterocycles. The summed E-state index contributed by atoms with van der Waals surface area (Å²) in [5.41, 5.74) is 1.32. The van der Waals surface area contributed by atoms with Gasteiger partial charge in [0, 0.05) is 32.9 Å². The van der Waals surface area contributed by atoms with Gasteiger partial charge in [0.25, 0.3) is 5.91 Å². The lowest BCUT2D eigenvalue weighted by atomic mass is 10.2. The van der Waals surface area contributed by atoms with Crippen LogP contribution in [-0.4, -0.2) is 68.1 Å². The third-order valence-corrected chi connectivity index (χ3v) is 5.35. The maximum atomic E-state index is 12.5. The number of ether oxygens (including phenoxy) is 1. The molecule has 0 radical (unpaired) electrons. The van der Waals surface area contributed by atoms with Crippen molar-refractivity contribution in [2.75, 3.05) is 50.5 Å². The second-order valence-electron chi connectivity index (χ2n) is 7.45. The van der Waals surface area contributed by atoms with Gasteiger partial charge in [-0.05, 0) is 51.1 Å². The fourth-order valence-corrected chi connectivity index (χ4v) is 3.56. The van der Waals surface area contributed by atoms with Gasteiger partial charge >= 0.3 is 6.03 Å². The lowest BCUT2D eigenvalue weighted by Crippen LogP contribution is -2.42. The van der Waals surface area contributed by atoms with Crippen molar-refractivity contribution in [3.8, 4) is 5.75 Å².